The van der Waals surface area contributed by atoms with Crippen LogP contribution < -0.4 is 11.3 Å². The molecule has 2 aromatic rings. The van der Waals surface area contributed by atoms with Crippen molar-refractivity contribution in [3.05, 3.63) is 67.9 Å². The van der Waals surface area contributed by atoms with E-state index in [0.29, 0.717) is 14.5 Å². The maximum atomic E-state index is 14.0. The molecule has 0 aromatic heterocycles. The molecule has 112 valence electrons. The number of nitrogens with one attached hydrogen (secondary N) is 1. The van der Waals surface area contributed by atoms with Gasteiger partial charge in [0.05, 0.1) is 6.04 Å². The SMILES string of the molecule is NNC(Cc1cc(F)ccc1Br)c1c(F)cc(Br)cc1F. The number of hydrazine groups is 1. The van der Waals surface area contributed by atoms with E-state index in [1.807, 2.05) is 0 Å². The minimum absolute atomic E-state index is 0.129. The topological polar surface area (TPSA) is 38.0 Å². The molecule has 0 saturated carbocycles. The van der Waals surface area contributed by atoms with Gasteiger partial charge in [0.15, 0.2) is 0 Å². The van der Waals surface area contributed by atoms with Gasteiger partial charge in [-0.05, 0) is 42.3 Å². The molecule has 2 nitrogen and oxygen atoms in total. The molecule has 21 heavy (non-hydrogen) atoms. The first-order valence-electron chi connectivity index (χ1n) is 5.97. The van der Waals surface area contributed by atoms with Crippen molar-refractivity contribution in [2.24, 2.45) is 5.84 Å². The summed E-state index contributed by atoms with van der Waals surface area (Å²) in [6.45, 7) is 0. The molecule has 0 heterocycles. The van der Waals surface area contributed by atoms with Gasteiger partial charge in [0, 0.05) is 14.5 Å². The molecule has 0 amide bonds. The number of benzene rings is 2. The molecule has 0 aliphatic rings. The van der Waals surface area contributed by atoms with Crippen LogP contribution in [0.1, 0.15) is 17.2 Å². The van der Waals surface area contributed by atoms with Crippen LogP contribution in [0.2, 0.25) is 0 Å². The van der Waals surface area contributed by atoms with Crippen LogP contribution in [-0.2, 0) is 6.42 Å². The molecule has 0 radical (unpaired) electrons. The zero-order chi connectivity index (χ0) is 15.6. The van der Waals surface area contributed by atoms with Crippen molar-refractivity contribution < 1.29 is 13.2 Å². The van der Waals surface area contributed by atoms with Crippen LogP contribution >= 0.6 is 31.9 Å². The summed E-state index contributed by atoms with van der Waals surface area (Å²) in [6, 6.07) is 5.61. The zero-order valence-electron chi connectivity index (χ0n) is 10.6. The molecule has 2 rings (SSSR count). The number of hydrogen-bond donors (Lipinski definition) is 2. The van der Waals surface area contributed by atoms with E-state index in [4.69, 9.17) is 5.84 Å². The van der Waals surface area contributed by atoms with Crippen molar-refractivity contribution in [1.82, 2.24) is 5.43 Å². The van der Waals surface area contributed by atoms with E-state index >= 15 is 0 Å². The van der Waals surface area contributed by atoms with Gasteiger partial charge < -0.3 is 0 Å². The Kier molecular flexibility index (Phi) is 5.43. The van der Waals surface area contributed by atoms with Crippen molar-refractivity contribution in [3.63, 3.8) is 0 Å². The number of nitrogens with two attached hydrogens (primary N) is 1. The Morgan fingerprint density at radius 1 is 1.05 bits per heavy atom. The molecule has 0 fully saturated rings. The fraction of sp³-hybridized carbons (Fsp3) is 0.143. The van der Waals surface area contributed by atoms with Crippen LogP contribution in [0.25, 0.3) is 0 Å². The summed E-state index contributed by atoms with van der Waals surface area (Å²) in [5, 5.41) is 0. The molecule has 1 atom stereocenters. The van der Waals surface area contributed by atoms with Gasteiger partial charge in [-0.3, -0.25) is 11.3 Å². The molecule has 0 spiro atoms. The Balaban J connectivity index is 2.39. The van der Waals surface area contributed by atoms with Gasteiger partial charge in [0.2, 0.25) is 0 Å². The van der Waals surface area contributed by atoms with Crippen molar-refractivity contribution >= 4 is 31.9 Å². The fourth-order valence-corrected chi connectivity index (χ4v) is 2.86. The largest absolute Gasteiger partial charge is 0.271 e. The van der Waals surface area contributed by atoms with Crippen LogP contribution in [0, 0.1) is 17.5 Å². The molecule has 3 N–H and O–H groups in total. The highest BCUT2D eigenvalue weighted by atomic mass is 79.9. The third-order valence-electron chi connectivity index (χ3n) is 3.03. The van der Waals surface area contributed by atoms with Crippen molar-refractivity contribution in [1.29, 1.82) is 0 Å². The summed E-state index contributed by atoms with van der Waals surface area (Å²) in [5.41, 5.74) is 2.75. The van der Waals surface area contributed by atoms with Crippen LogP contribution in [0.4, 0.5) is 13.2 Å². The Morgan fingerprint density at radius 3 is 2.24 bits per heavy atom. The average molecular weight is 424 g/mol. The van der Waals surface area contributed by atoms with E-state index in [0.717, 1.165) is 12.1 Å². The van der Waals surface area contributed by atoms with Gasteiger partial charge in [-0.15, -0.1) is 0 Å². The molecule has 1 unspecified atom stereocenters. The smallest absolute Gasteiger partial charge is 0.132 e. The van der Waals surface area contributed by atoms with Gasteiger partial charge >= 0.3 is 0 Å². The second-order valence-corrected chi connectivity index (χ2v) is 6.21. The minimum Gasteiger partial charge on any atom is -0.271 e. The van der Waals surface area contributed by atoms with Crippen LogP contribution in [0.3, 0.4) is 0 Å². The summed E-state index contributed by atoms with van der Waals surface area (Å²) < 4.78 is 42.2. The Hall–Kier alpha value is -0.890. The van der Waals surface area contributed by atoms with E-state index in [1.54, 1.807) is 0 Å². The first-order chi connectivity index (χ1) is 9.92. The van der Waals surface area contributed by atoms with E-state index in [9.17, 15) is 13.2 Å². The maximum Gasteiger partial charge on any atom is 0.132 e. The first kappa shape index (κ1) is 16.5. The van der Waals surface area contributed by atoms with Crippen molar-refractivity contribution in [3.8, 4) is 0 Å². The minimum atomic E-state index is -0.823. The van der Waals surface area contributed by atoms with Crippen LogP contribution in [0.5, 0.6) is 0 Å². The lowest BCUT2D eigenvalue weighted by atomic mass is 9.98. The Morgan fingerprint density at radius 2 is 1.67 bits per heavy atom. The lowest BCUT2D eigenvalue weighted by Crippen LogP contribution is -2.31. The molecular formula is C14H11Br2F3N2. The number of hydrogen-bond acceptors (Lipinski definition) is 2. The fourth-order valence-electron chi connectivity index (χ4n) is 2.05. The van der Waals surface area contributed by atoms with Gasteiger partial charge in [-0.1, -0.05) is 31.9 Å². The highest BCUT2D eigenvalue weighted by molar-refractivity contribution is 9.10. The Labute approximate surface area is 136 Å². The quantitative estimate of drug-likeness (QED) is 0.565. The highest BCUT2D eigenvalue weighted by Crippen LogP contribution is 2.29. The van der Waals surface area contributed by atoms with Gasteiger partial charge in [-0.25, -0.2) is 13.2 Å². The summed E-state index contributed by atoms with van der Waals surface area (Å²) in [5.74, 6) is 3.53. The van der Waals surface area contributed by atoms with Crippen LogP contribution in [0.15, 0.2) is 39.3 Å². The second-order valence-electron chi connectivity index (χ2n) is 4.44. The molecule has 2 aromatic carbocycles. The molecule has 7 heteroatoms. The number of rotatable bonds is 4. The van der Waals surface area contributed by atoms with E-state index in [2.05, 4.69) is 37.3 Å². The number of halogens is 5. The van der Waals surface area contributed by atoms with Gasteiger partial charge in [0.25, 0.3) is 0 Å². The molecule has 0 aliphatic carbocycles. The van der Waals surface area contributed by atoms with E-state index in [-0.39, 0.29) is 12.0 Å². The second kappa shape index (κ2) is 6.91. The highest BCUT2D eigenvalue weighted by Gasteiger charge is 2.21. The summed E-state index contributed by atoms with van der Waals surface area (Å²) in [6.07, 6.45) is 0.129. The summed E-state index contributed by atoms with van der Waals surface area (Å²) in [4.78, 5) is 0. The molecule has 0 bridgehead atoms. The lowest BCUT2D eigenvalue weighted by Gasteiger charge is -2.19. The predicted octanol–water partition coefficient (Wildman–Crippen LogP) is 4.38. The average Bonchev–Trinajstić information content (AvgIpc) is 2.40. The lowest BCUT2D eigenvalue weighted by molar-refractivity contribution is 0.471. The van der Waals surface area contributed by atoms with Crippen LogP contribution in [-0.4, -0.2) is 0 Å². The summed E-state index contributed by atoms with van der Waals surface area (Å²) in [7, 11) is 0. The molecule has 0 aliphatic heterocycles. The third kappa shape index (κ3) is 3.85. The Bertz CT molecular complexity index is 642. The van der Waals surface area contributed by atoms with Crippen molar-refractivity contribution in [2.75, 3.05) is 0 Å². The summed E-state index contributed by atoms with van der Waals surface area (Å²) >= 11 is 6.30. The third-order valence-corrected chi connectivity index (χ3v) is 4.26. The first-order valence-corrected chi connectivity index (χ1v) is 7.55. The molecular weight excluding hydrogens is 413 g/mol. The predicted molar refractivity (Wildman–Crippen MR) is 81.9 cm³/mol. The van der Waals surface area contributed by atoms with Crippen molar-refractivity contribution in [2.45, 2.75) is 12.5 Å². The molecule has 0 saturated heterocycles. The van der Waals surface area contributed by atoms with E-state index < -0.39 is 23.5 Å². The van der Waals surface area contributed by atoms with Gasteiger partial charge in [-0.2, -0.15) is 0 Å². The maximum absolute atomic E-state index is 14.0. The monoisotopic (exact) mass is 422 g/mol. The van der Waals surface area contributed by atoms with E-state index in [1.165, 1.54) is 18.2 Å². The standard InChI is InChI=1S/C14H11Br2F3N2/c15-8-5-11(18)14(12(19)6-8)13(21-20)4-7-3-9(17)1-2-10(7)16/h1-3,5-6,13,21H,4,20H2. The normalized spacial score (nSPS) is 12.5. The zero-order valence-corrected chi connectivity index (χ0v) is 13.8. The van der Waals surface area contributed by atoms with Gasteiger partial charge in [0.1, 0.15) is 17.5 Å².